The van der Waals surface area contributed by atoms with Gasteiger partial charge >= 0.3 is 0 Å². The Morgan fingerprint density at radius 2 is 1.88 bits per heavy atom. The summed E-state index contributed by atoms with van der Waals surface area (Å²) in [6.07, 6.45) is 0.480. The number of sulfonamides is 1. The topological polar surface area (TPSA) is 89.8 Å². The SMILES string of the molecule is CNS(=O)(=O)c1ccc(Cc2ccc(F)cc2)c(-c2nnn(C)n2)c1. The van der Waals surface area contributed by atoms with E-state index in [0.29, 0.717) is 17.8 Å². The van der Waals surface area contributed by atoms with Crippen LogP contribution in [0.5, 0.6) is 0 Å². The van der Waals surface area contributed by atoms with Crippen molar-refractivity contribution in [2.45, 2.75) is 11.3 Å². The molecular weight excluding hydrogens is 345 g/mol. The van der Waals surface area contributed by atoms with Crippen LogP contribution in [0.2, 0.25) is 0 Å². The normalized spacial score (nSPS) is 11.6. The van der Waals surface area contributed by atoms with Gasteiger partial charge in [0.2, 0.25) is 15.8 Å². The summed E-state index contributed by atoms with van der Waals surface area (Å²) < 4.78 is 39.5. The van der Waals surface area contributed by atoms with E-state index in [1.54, 1.807) is 25.2 Å². The van der Waals surface area contributed by atoms with E-state index < -0.39 is 10.0 Å². The number of halogens is 1. The summed E-state index contributed by atoms with van der Waals surface area (Å²) in [6, 6.07) is 10.9. The maximum Gasteiger partial charge on any atom is 0.240 e. The number of aryl methyl sites for hydroxylation is 1. The van der Waals surface area contributed by atoms with Crippen LogP contribution >= 0.6 is 0 Å². The number of tetrazole rings is 1. The van der Waals surface area contributed by atoms with Gasteiger partial charge in [-0.1, -0.05) is 18.2 Å². The standard InChI is InChI=1S/C16H16FN5O2S/c1-18-25(23,24)14-8-5-12(9-11-3-6-13(17)7-4-11)15(10-14)16-19-21-22(2)20-16/h3-8,10,18H,9H2,1-2H3. The molecule has 0 radical (unpaired) electrons. The van der Waals surface area contributed by atoms with Crippen molar-refractivity contribution in [2.24, 2.45) is 7.05 Å². The lowest BCUT2D eigenvalue weighted by Crippen LogP contribution is -2.18. The van der Waals surface area contributed by atoms with E-state index in [4.69, 9.17) is 0 Å². The summed E-state index contributed by atoms with van der Waals surface area (Å²) in [6.45, 7) is 0. The molecule has 3 rings (SSSR count). The van der Waals surface area contributed by atoms with Gasteiger partial charge in [0, 0.05) is 5.56 Å². The third-order valence-corrected chi connectivity index (χ3v) is 5.13. The zero-order valence-corrected chi connectivity index (χ0v) is 14.5. The molecule has 0 aliphatic rings. The summed E-state index contributed by atoms with van der Waals surface area (Å²) in [5.74, 6) is 0.0165. The highest BCUT2D eigenvalue weighted by Crippen LogP contribution is 2.26. The smallest absolute Gasteiger partial charge is 0.214 e. The first-order valence-corrected chi connectivity index (χ1v) is 8.92. The maximum atomic E-state index is 13.1. The van der Waals surface area contributed by atoms with Crippen LogP contribution in [-0.2, 0) is 23.5 Å². The Morgan fingerprint density at radius 1 is 1.16 bits per heavy atom. The van der Waals surface area contributed by atoms with E-state index >= 15 is 0 Å². The van der Waals surface area contributed by atoms with Gasteiger partial charge in [-0.3, -0.25) is 0 Å². The molecule has 9 heteroatoms. The van der Waals surface area contributed by atoms with Gasteiger partial charge in [0.25, 0.3) is 0 Å². The molecule has 0 aliphatic carbocycles. The number of nitrogens with one attached hydrogen (secondary N) is 1. The van der Waals surface area contributed by atoms with Crippen LogP contribution in [0.3, 0.4) is 0 Å². The predicted octanol–water partition coefficient (Wildman–Crippen LogP) is 1.52. The quantitative estimate of drug-likeness (QED) is 0.744. The number of aromatic nitrogens is 4. The van der Waals surface area contributed by atoms with E-state index in [1.807, 2.05) is 0 Å². The third-order valence-electron chi connectivity index (χ3n) is 3.72. The summed E-state index contributed by atoms with van der Waals surface area (Å²) >= 11 is 0. The summed E-state index contributed by atoms with van der Waals surface area (Å²) in [4.78, 5) is 1.41. The van der Waals surface area contributed by atoms with E-state index in [0.717, 1.165) is 11.1 Å². The number of rotatable bonds is 5. The predicted molar refractivity (Wildman–Crippen MR) is 89.7 cm³/mol. The first kappa shape index (κ1) is 17.2. The second-order valence-corrected chi connectivity index (χ2v) is 7.32. The van der Waals surface area contributed by atoms with Crippen molar-refractivity contribution in [3.8, 4) is 11.4 Å². The first-order valence-electron chi connectivity index (χ1n) is 7.44. The monoisotopic (exact) mass is 361 g/mol. The molecule has 0 unspecified atom stereocenters. The minimum Gasteiger partial charge on any atom is -0.214 e. The minimum atomic E-state index is -3.60. The highest BCUT2D eigenvalue weighted by atomic mass is 32.2. The van der Waals surface area contributed by atoms with Gasteiger partial charge in [-0.05, 0) is 54.1 Å². The average molecular weight is 361 g/mol. The van der Waals surface area contributed by atoms with Crippen LogP contribution in [-0.4, -0.2) is 35.7 Å². The van der Waals surface area contributed by atoms with Crippen molar-refractivity contribution >= 4 is 10.0 Å². The van der Waals surface area contributed by atoms with Crippen LogP contribution in [0.15, 0.2) is 47.4 Å². The molecular formula is C16H16FN5O2S. The van der Waals surface area contributed by atoms with Gasteiger partial charge in [-0.25, -0.2) is 17.5 Å². The zero-order chi connectivity index (χ0) is 18.0. The molecule has 2 aromatic carbocycles. The zero-order valence-electron chi connectivity index (χ0n) is 13.6. The van der Waals surface area contributed by atoms with Crippen molar-refractivity contribution in [1.82, 2.24) is 24.9 Å². The van der Waals surface area contributed by atoms with Crippen molar-refractivity contribution < 1.29 is 12.8 Å². The first-order chi connectivity index (χ1) is 11.9. The fourth-order valence-electron chi connectivity index (χ4n) is 2.42. The van der Waals surface area contributed by atoms with Crippen molar-refractivity contribution in [1.29, 1.82) is 0 Å². The van der Waals surface area contributed by atoms with Crippen molar-refractivity contribution in [3.05, 3.63) is 59.4 Å². The lowest BCUT2D eigenvalue weighted by molar-refractivity contribution is 0.588. The van der Waals surface area contributed by atoms with E-state index in [2.05, 4.69) is 20.1 Å². The van der Waals surface area contributed by atoms with Crippen LogP contribution in [0.4, 0.5) is 4.39 Å². The molecule has 1 heterocycles. The maximum absolute atomic E-state index is 13.1. The molecule has 0 bridgehead atoms. The summed E-state index contributed by atoms with van der Waals surface area (Å²) in [5.41, 5.74) is 2.26. The molecule has 0 fully saturated rings. The fourth-order valence-corrected chi connectivity index (χ4v) is 3.17. The Labute approximate surface area is 144 Å². The van der Waals surface area contributed by atoms with Gasteiger partial charge in [0.15, 0.2) is 0 Å². The lowest BCUT2D eigenvalue weighted by atomic mass is 9.99. The van der Waals surface area contributed by atoms with Crippen LogP contribution in [0, 0.1) is 5.82 Å². The highest BCUT2D eigenvalue weighted by Gasteiger charge is 2.17. The lowest BCUT2D eigenvalue weighted by Gasteiger charge is -2.10. The van der Waals surface area contributed by atoms with Crippen molar-refractivity contribution in [2.75, 3.05) is 7.05 Å². The average Bonchev–Trinajstić information content (AvgIpc) is 3.03. The third kappa shape index (κ3) is 3.72. The number of nitrogens with zero attached hydrogens (tertiary/aromatic N) is 4. The molecule has 0 saturated heterocycles. The highest BCUT2D eigenvalue weighted by molar-refractivity contribution is 7.89. The molecule has 1 aromatic heterocycles. The molecule has 7 nitrogen and oxygen atoms in total. The van der Waals surface area contributed by atoms with Crippen LogP contribution in [0.25, 0.3) is 11.4 Å². The molecule has 0 amide bonds. The molecule has 0 aliphatic heterocycles. The second-order valence-electron chi connectivity index (χ2n) is 5.43. The van der Waals surface area contributed by atoms with Gasteiger partial charge in [-0.15, -0.1) is 10.2 Å². The molecule has 1 N–H and O–H groups in total. The largest absolute Gasteiger partial charge is 0.240 e. The number of benzene rings is 2. The molecule has 3 aromatic rings. The summed E-state index contributed by atoms with van der Waals surface area (Å²) in [5, 5.41) is 11.9. The van der Waals surface area contributed by atoms with E-state index in [-0.39, 0.29) is 10.7 Å². The Hall–Kier alpha value is -2.65. The number of hydrogen-bond acceptors (Lipinski definition) is 5. The minimum absolute atomic E-state index is 0.111. The molecule has 130 valence electrons. The van der Waals surface area contributed by atoms with E-state index in [1.165, 1.54) is 36.1 Å². The Balaban J connectivity index is 2.09. The van der Waals surface area contributed by atoms with E-state index in [9.17, 15) is 12.8 Å². The molecule has 0 atom stereocenters. The fraction of sp³-hybridized carbons (Fsp3) is 0.188. The van der Waals surface area contributed by atoms with Gasteiger partial charge < -0.3 is 0 Å². The van der Waals surface area contributed by atoms with Crippen LogP contribution in [0.1, 0.15) is 11.1 Å². The number of hydrogen-bond donors (Lipinski definition) is 1. The second kappa shape index (κ2) is 6.69. The Kier molecular flexibility index (Phi) is 4.60. The Bertz CT molecular complexity index is 1000. The molecule has 0 spiro atoms. The van der Waals surface area contributed by atoms with Crippen molar-refractivity contribution in [3.63, 3.8) is 0 Å². The van der Waals surface area contributed by atoms with Gasteiger partial charge in [0.05, 0.1) is 11.9 Å². The Morgan fingerprint density at radius 3 is 2.48 bits per heavy atom. The van der Waals surface area contributed by atoms with Crippen LogP contribution < -0.4 is 4.72 Å². The van der Waals surface area contributed by atoms with Gasteiger partial charge in [0.1, 0.15) is 5.82 Å². The molecule has 0 saturated carbocycles. The molecule has 25 heavy (non-hydrogen) atoms. The van der Waals surface area contributed by atoms with Gasteiger partial charge in [-0.2, -0.15) is 4.80 Å². The summed E-state index contributed by atoms with van der Waals surface area (Å²) in [7, 11) is -0.621.